The summed E-state index contributed by atoms with van der Waals surface area (Å²) >= 11 is 1.44. The molecule has 1 heterocycles. The number of benzene rings is 3. The van der Waals surface area contributed by atoms with Crippen molar-refractivity contribution in [2.45, 2.75) is 0 Å². The van der Waals surface area contributed by atoms with Gasteiger partial charge in [-0.15, -0.1) is 5.10 Å². The van der Waals surface area contributed by atoms with Crippen molar-refractivity contribution in [3.8, 4) is 10.4 Å². The van der Waals surface area contributed by atoms with Gasteiger partial charge in [0, 0.05) is 5.56 Å². The molecule has 0 aliphatic heterocycles. The third-order valence-electron chi connectivity index (χ3n) is 3.37. The number of hydrogen-bond acceptors (Lipinski definition) is 3. The van der Waals surface area contributed by atoms with Crippen LogP contribution < -0.4 is 0 Å². The number of hydrogen-bond donors (Lipinski definition) is 0. The average molecular weight is 262 g/mol. The Bertz CT molecular complexity index is 866. The smallest absolute Gasteiger partial charge is 0.0760 e. The van der Waals surface area contributed by atoms with Crippen LogP contribution in [0, 0.1) is 0 Å². The Balaban J connectivity index is 2.12. The Kier molecular flexibility index (Phi) is 2.32. The molecule has 1 aromatic heterocycles. The fourth-order valence-corrected chi connectivity index (χ4v) is 3.02. The van der Waals surface area contributed by atoms with Crippen molar-refractivity contribution in [1.29, 1.82) is 0 Å². The zero-order valence-electron chi connectivity index (χ0n) is 10.1. The third-order valence-corrected chi connectivity index (χ3v) is 4.07. The number of nitrogens with zero attached hydrogens (tertiary/aromatic N) is 2. The van der Waals surface area contributed by atoms with Crippen molar-refractivity contribution in [3.05, 3.63) is 60.8 Å². The molecule has 0 spiro atoms. The van der Waals surface area contributed by atoms with Gasteiger partial charge in [-0.1, -0.05) is 47.0 Å². The second-order valence-corrected chi connectivity index (χ2v) is 5.29. The summed E-state index contributed by atoms with van der Waals surface area (Å²) in [6.45, 7) is 0. The zero-order valence-corrected chi connectivity index (χ0v) is 10.9. The maximum absolute atomic E-state index is 3.96. The van der Waals surface area contributed by atoms with E-state index >= 15 is 0 Å². The van der Waals surface area contributed by atoms with E-state index in [1.807, 2.05) is 6.20 Å². The van der Waals surface area contributed by atoms with E-state index in [1.165, 1.54) is 38.6 Å². The Morgan fingerprint density at radius 1 is 0.789 bits per heavy atom. The van der Waals surface area contributed by atoms with Gasteiger partial charge in [-0.2, -0.15) is 0 Å². The van der Waals surface area contributed by atoms with E-state index in [-0.39, 0.29) is 0 Å². The monoisotopic (exact) mass is 262 g/mol. The zero-order chi connectivity index (χ0) is 12.7. The third kappa shape index (κ3) is 1.71. The lowest BCUT2D eigenvalue weighted by molar-refractivity contribution is 1.16. The van der Waals surface area contributed by atoms with Crippen molar-refractivity contribution in [3.63, 3.8) is 0 Å². The van der Waals surface area contributed by atoms with Gasteiger partial charge in [0.1, 0.15) is 0 Å². The molecule has 19 heavy (non-hydrogen) atoms. The Labute approximate surface area is 114 Å². The Hall–Kier alpha value is -2.26. The molecule has 0 saturated carbocycles. The van der Waals surface area contributed by atoms with Crippen LogP contribution in [0.25, 0.3) is 32.0 Å². The van der Waals surface area contributed by atoms with Crippen molar-refractivity contribution >= 4 is 33.1 Å². The van der Waals surface area contributed by atoms with Crippen LogP contribution in [0.2, 0.25) is 0 Å². The summed E-state index contributed by atoms with van der Waals surface area (Å²) in [4.78, 5) is 1.11. The van der Waals surface area contributed by atoms with Gasteiger partial charge in [0.05, 0.1) is 11.1 Å². The van der Waals surface area contributed by atoms with Gasteiger partial charge in [0.15, 0.2) is 0 Å². The van der Waals surface area contributed by atoms with E-state index in [9.17, 15) is 0 Å². The molecule has 0 atom stereocenters. The number of fused-ring (bicyclic) bond motifs is 2. The van der Waals surface area contributed by atoms with Crippen molar-refractivity contribution in [1.82, 2.24) is 9.59 Å². The molecule has 2 nitrogen and oxygen atoms in total. The first-order valence-corrected chi connectivity index (χ1v) is 6.88. The van der Waals surface area contributed by atoms with Gasteiger partial charge in [0.2, 0.25) is 0 Å². The highest BCUT2D eigenvalue weighted by Gasteiger charge is 2.06. The van der Waals surface area contributed by atoms with Crippen LogP contribution >= 0.6 is 11.5 Å². The van der Waals surface area contributed by atoms with Crippen molar-refractivity contribution in [2.75, 3.05) is 0 Å². The van der Waals surface area contributed by atoms with E-state index in [1.54, 1.807) is 0 Å². The molecule has 0 fully saturated rings. The minimum atomic E-state index is 1.11. The van der Waals surface area contributed by atoms with Gasteiger partial charge >= 0.3 is 0 Å². The first-order valence-electron chi connectivity index (χ1n) is 6.11. The highest BCUT2D eigenvalue weighted by molar-refractivity contribution is 7.09. The van der Waals surface area contributed by atoms with Gasteiger partial charge in [0.25, 0.3) is 0 Å². The van der Waals surface area contributed by atoms with E-state index in [0.717, 1.165) is 4.88 Å². The van der Waals surface area contributed by atoms with E-state index in [0.29, 0.717) is 0 Å². The van der Waals surface area contributed by atoms with Gasteiger partial charge in [-0.25, -0.2) is 0 Å². The van der Waals surface area contributed by atoms with Crippen LogP contribution in [0.15, 0.2) is 60.8 Å². The quantitative estimate of drug-likeness (QED) is 0.472. The fraction of sp³-hybridized carbons (Fsp3) is 0. The first-order chi connectivity index (χ1) is 9.42. The van der Waals surface area contributed by atoms with Gasteiger partial charge in [-0.05, 0) is 45.2 Å². The number of rotatable bonds is 1. The van der Waals surface area contributed by atoms with Crippen LogP contribution in [0.3, 0.4) is 0 Å². The standard InChI is InChI=1S/C16H10N2S/c1-2-5-12-9-15-13(8-11(12)4-1)6-3-7-14(15)16-10-17-18-19-16/h1-10H. The minimum Gasteiger partial charge on any atom is -0.146 e. The summed E-state index contributed by atoms with van der Waals surface area (Å²) in [6.07, 6.45) is 1.83. The molecule has 0 bridgehead atoms. The SMILES string of the molecule is c1ccc2cc3c(-c4cnns4)cccc3cc2c1. The number of aromatic nitrogens is 2. The second kappa shape index (κ2) is 4.14. The second-order valence-electron chi connectivity index (χ2n) is 4.51. The summed E-state index contributed by atoms with van der Waals surface area (Å²) in [5, 5.41) is 8.98. The van der Waals surface area contributed by atoms with E-state index in [4.69, 9.17) is 0 Å². The Morgan fingerprint density at radius 2 is 1.58 bits per heavy atom. The molecule has 0 N–H and O–H groups in total. The van der Waals surface area contributed by atoms with Crippen LogP contribution in [0.4, 0.5) is 0 Å². The fourth-order valence-electron chi connectivity index (χ4n) is 2.47. The summed E-state index contributed by atoms with van der Waals surface area (Å²) in [7, 11) is 0. The van der Waals surface area contributed by atoms with Crippen LogP contribution in [0.1, 0.15) is 0 Å². The van der Waals surface area contributed by atoms with E-state index < -0.39 is 0 Å². The largest absolute Gasteiger partial charge is 0.146 e. The van der Waals surface area contributed by atoms with Gasteiger partial charge < -0.3 is 0 Å². The van der Waals surface area contributed by atoms with Crippen LogP contribution in [0.5, 0.6) is 0 Å². The molecule has 90 valence electrons. The summed E-state index contributed by atoms with van der Waals surface area (Å²) in [5.74, 6) is 0. The summed E-state index contributed by atoms with van der Waals surface area (Å²) in [6, 6.07) is 19.3. The molecule has 0 saturated heterocycles. The lowest BCUT2D eigenvalue weighted by atomic mass is 9.99. The van der Waals surface area contributed by atoms with Crippen LogP contribution in [-0.4, -0.2) is 9.59 Å². The predicted molar refractivity (Wildman–Crippen MR) is 80.4 cm³/mol. The summed E-state index contributed by atoms with van der Waals surface area (Å²) < 4.78 is 3.96. The molecule has 0 unspecified atom stereocenters. The molecular weight excluding hydrogens is 252 g/mol. The minimum absolute atomic E-state index is 1.11. The van der Waals surface area contributed by atoms with E-state index in [2.05, 4.69) is 64.2 Å². The molecule has 3 heteroatoms. The normalized spacial score (nSPS) is 11.2. The molecule has 4 rings (SSSR count). The summed E-state index contributed by atoms with van der Waals surface area (Å²) in [5.41, 5.74) is 1.21. The predicted octanol–water partition coefficient (Wildman–Crippen LogP) is 4.51. The maximum Gasteiger partial charge on any atom is 0.0760 e. The van der Waals surface area contributed by atoms with Gasteiger partial charge in [-0.3, -0.25) is 0 Å². The lowest BCUT2D eigenvalue weighted by Gasteiger charge is -2.06. The van der Waals surface area contributed by atoms with Crippen molar-refractivity contribution < 1.29 is 0 Å². The molecular formula is C16H10N2S. The first kappa shape index (κ1) is 10.6. The average Bonchev–Trinajstić information content (AvgIpc) is 2.98. The molecule has 0 aliphatic rings. The highest BCUT2D eigenvalue weighted by Crippen LogP contribution is 2.32. The van der Waals surface area contributed by atoms with Crippen molar-refractivity contribution in [2.24, 2.45) is 0 Å². The highest BCUT2D eigenvalue weighted by atomic mass is 32.1. The molecule has 3 aromatic carbocycles. The Morgan fingerprint density at radius 3 is 2.37 bits per heavy atom. The lowest BCUT2D eigenvalue weighted by Crippen LogP contribution is -1.80. The van der Waals surface area contributed by atoms with Crippen LogP contribution in [-0.2, 0) is 0 Å². The molecule has 0 radical (unpaired) electrons. The molecule has 0 amide bonds. The molecule has 0 aliphatic carbocycles. The molecule has 4 aromatic rings. The maximum atomic E-state index is 3.96. The topological polar surface area (TPSA) is 25.8 Å².